The molecule has 7 heteroatoms. The number of rotatable bonds is 9. The van der Waals surface area contributed by atoms with E-state index in [1.165, 1.54) is 11.8 Å². The zero-order valence-corrected chi connectivity index (χ0v) is 19.3. The molecule has 162 valence electrons. The highest BCUT2D eigenvalue weighted by Crippen LogP contribution is 2.32. The summed E-state index contributed by atoms with van der Waals surface area (Å²) in [5.41, 5.74) is 3.97. The molecule has 0 saturated heterocycles. The molecule has 0 atom stereocenters. The van der Waals surface area contributed by atoms with E-state index in [1.54, 1.807) is 12.3 Å². The van der Waals surface area contributed by atoms with Crippen molar-refractivity contribution < 1.29 is 4.79 Å². The van der Waals surface area contributed by atoms with Crippen LogP contribution in [0.2, 0.25) is 0 Å². The maximum absolute atomic E-state index is 12.9. The van der Waals surface area contributed by atoms with E-state index in [9.17, 15) is 4.79 Å². The molecule has 1 aromatic carbocycles. The van der Waals surface area contributed by atoms with Crippen molar-refractivity contribution in [3.63, 3.8) is 0 Å². The molecular formula is C24H29N5OS. The third-order valence-corrected chi connectivity index (χ3v) is 5.86. The second-order valence-corrected chi connectivity index (χ2v) is 8.82. The zero-order valence-electron chi connectivity index (χ0n) is 18.5. The summed E-state index contributed by atoms with van der Waals surface area (Å²) in [4.78, 5) is 17.2. The van der Waals surface area contributed by atoms with Gasteiger partial charge in [0.2, 0.25) is 5.91 Å². The van der Waals surface area contributed by atoms with Crippen molar-refractivity contribution in [2.45, 2.75) is 51.2 Å². The normalized spacial score (nSPS) is 11.2. The number of carbonyl (C=O) groups is 1. The molecule has 0 aliphatic carbocycles. The largest absolute Gasteiger partial charge is 0.325 e. The molecule has 3 aromatic rings. The maximum Gasteiger partial charge on any atom is 0.234 e. The van der Waals surface area contributed by atoms with Crippen molar-refractivity contribution in [1.29, 1.82) is 0 Å². The molecule has 2 heterocycles. The van der Waals surface area contributed by atoms with Gasteiger partial charge in [0.25, 0.3) is 0 Å². The number of allylic oxidation sites excluding steroid dienone is 1. The molecule has 31 heavy (non-hydrogen) atoms. The highest BCUT2D eigenvalue weighted by atomic mass is 32.2. The highest BCUT2D eigenvalue weighted by Gasteiger charge is 2.18. The van der Waals surface area contributed by atoms with Crippen LogP contribution >= 0.6 is 11.8 Å². The van der Waals surface area contributed by atoms with Crippen LogP contribution in [-0.4, -0.2) is 31.4 Å². The summed E-state index contributed by atoms with van der Waals surface area (Å²) in [6, 6.07) is 11.9. The second kappa shape index (κ2) is 10.4. The van der Waals surface area contributed by atoms with Gasteiger partial charge >= 0.3 is 0 Å². The van der Waals surface area contributed by atoms with Gasteiger partial charge in [-0.05, 0) is 35.1 Å². The van der Waals surface area contributed by atoms with E-state index in [4.69, 9.17) is 0 Å². The maximum atomic E-state index is 12.9. The summed E-state index contributed by atoms with van der Waals surface area (Å²) in [6.45, 7) is 12.9. The van der Waals surface area contributed by atoms with Gasteiger partial charge in [-0.15, -0.1) is 16.8 Å². The molecule has 1 amide bonds. The first-order valence-corrected chi connectivity index (χ1v) is 11.4. The predicted molar refractivity (Wildman–Crippen MR) is 127 cm³/mol. The minimum Gasteiger partial charge on any atom is -0.325 e. The minimum absolute atomic E-state index is 0.0625. The number of hydrogen-bond donors (Lipinski definition) is 1. The Kier molecular flexibility index (Phi) is 7.63. The Morgan fingerprint density at radius 3 is 2.39 bits per heavy atom. The number of thioether (sulfide) groups is 1. The number of benzene rings is 1. The van der Waals surface area contributed by atoms with Crippen molar-refractivity contribution in [2.24, 2.45) is 0 Å². The number of aromatic nitrogens is 4. The number of pyridine rings is 1. The monoisotopic (exact) mass is 435 g/mol. The SMILES string of the molecule is C=CCn1c(SCC(=O)Nc2c(C(C)C)cccc2C(C)C)nnc1-c1ccccn1. The summed E-state index contributed by atoms with van der Waals surface area (Å²) in [7, 11) is 0. The topological polar surface area (TPSA) is 72.7 Å². The molecule has 1 N–H and O–H groups in total. The van der Waals surface area contributed by atoms with Crippen LogP contribution in [0.5, 0.6) is 0 Å². The molecule has 2 aromatic heterocycles. The van der Waals surface area contributed by atoms with Crippen LogP contribution in [0.4, 0.5) is 5.69 Å². The van der Waals surface area contributed by atoms with Crippen LogP contribution in [0.1, 0.15) is 50.7 Å². The van der Waals surface area contributed by atoms with Crippen molar-refractivity contribution in [2.75, 3.05) is 11.1 Å². The highest BCUT2D eigenvalue weighted by molar-refractivity contribution is 7.99. The lowest BCUT2D eigenvalue weighted by Crippen LogP contribution is -2.18. The smallest absolute Gasteiger partial charge is 0.234 e. The third-order valence-electron chi connectivity index (χ3n) is 4.89. The molecule has 0 fully saturated rings. The van der Waals surface area contributed by atoms with E-state index in [2.05, 4.69) is 73.0 Å². The van der Waals surface area contributed by atoms with Gasteiger partial charge in [0.1, 0.15) is 5.69 Å². The molecule has 0 aliphatic rings. The predicted octanol–water partition coefficient (Wildman–Crippen LogP) is 5.50. The van der Waals surface area contributed by atoms with Gasteiger partial charge in [0.15, 0.2) is 11.0 Å². The molecular weight excluding hydrogens is 406 g/mol. The Labute approximate surface area is 188 Å². The van der Waals surface area contributed by atoms with Gasteiger partial charge in [-0.25, -0.2) is 0 Å². The summed E-state index contributed by atoms with van der Waals surface area (Å²) < 4.78 is 1.93. The summed E-state index contributed by atoms with van der Waals surface area (Å²) in [5, 5.41) is 12.4. The van der Waals surface area contributed by atoms with Gasteiger partial charge in [-0.3, -0.25) is 14.3 Å². The number of carbonyl (C=O) groups excluding carboxylic acids is 1. The lowest BCUT2D eigenvalue weighted by Gasteiger charge is -2.20. The quantitative estimate of drug-likeness (QED) is 0.355. The molecule has 0 radical (unpaired) electrons. The average Bonchev–Trinajstić information content (AvgIpc) is 3.15. The molecule has 0 saturated carbocycles. The van der Waals surface area contributed by atoms with Crippen molar-refractivity contribution in [1.82, 2.24) is 19.7 Å². The molecule has 3 rings (SSSR count). The number of nitrogens with one attached hydrogen (secondary N) is 1. The number of nitrogens with zero attached hydrogens (tertiary/aromatic N) is 4. The van der Waals surface area contributed by atoms with Crippen LogP contribution in [0.25, 0.3) is 11.5 Å². The standard InChI is InChI=1S/C24H29N5OS/c1-6-14-29-23(20-12-7-8-13-25-20)27-28-24(29)31-15-21(30)26-22-18(16(2)3)10-9-11-19(22)17(4)5/h6-13,16-17H,1,14-15H2,2-5H3,(H,26,30). The van der Waals surface area contributed by atoms with Crippen molar-refractivity contribution >= 4 is 23.4 Å². The van der Waals surface area contributed by atoms with Gasteiger partial charge in [0.05, 0.1) is 5.75 Å². The van der Waals surface area contributed by atoms with Crippen molar-refractivity contribution in [3.8, 4) is 11.5 Å². The fourth-order valence-corrected chi connectivity index (χ4v) is 4.12. The van der Waals surface area contributed by atoms with E-state index in [0.717, 1.165) is 22.5 Å². The summed E-state index contributed by atoms with van der Waals surface area (Å²) in [6.07, 6.45) is 3.51. The van der Waals surface area contributed by atoms with Crippen LogP contribution in [-0.2, 0) is 11.3 Å². The average molecular weight is 436 g/mol. The molecule has 0 unspecified atom stereocenters. The first kappa shape index (κ1) is 22.7. The van der Waals surface area contributed by atoms with Crippen molar-refractivity contribution in [3.05, 3.63) is 66.4 Å². The summed E-state index contributed by atoms with van der Waals surface area (Å²) >= 11 is 1.36. The first-order valence-electron chi connectivity index (χ1n) is 10.4. The van der Waals surface area contributed by atoms with E-state index >= 15 is 0 Å². The molecule has 0 aliphatic heterocycles. The van der Waals surface area contributed by atoms with Crippen LogP contribution in [0.15, 0.2) is 60.4 Å². The fourth-order valence-electron chi connectivity index (χ4n) is 3.37. The Morgan fingerprint density at radius 1 is 1.10 bits per heavy atom. The van der Waals surface area contributed by atoms with Crippen LogP contribution < -0.4 is 5.32 Å². The number of para-hydroxylation sites is 1. The molecule has 0 bridgehead atoms. The van der Waals surface area contributed by atoms with E-state index in [-0.39, 0.29) is 11.7 Å². The lowest BCUT2D eigenvalue weighted by molar-refractivity contribution is -0.113. The van der Waals surface area contributed by atoms with E-state index in [0.29, 0.717) is 29.4 Å². The number of amides is 1. The Morgan fingerprint density at radius 2 is 1.81 bits per heavy atom. The van der Waals surface area contributed by atoms with Gasteiger partial charge < -0.3 is 5.32 Å². The minimum atomic E-state index is -0.0625. The lowest BCUT2D eigenvalue weighted by atomic mass is 9.92. The fraction of sp³-hybridized carbons (Fsp3) is 0.333. The summed E-state index contributed by atoms with van der Waals surface area (Å²) in [5.74, 6) is 1.47. The first-order chi connectivity index (χ1) is 14.9. The van der Waals surface area contributed by atoms with Crippen LogP contribution in [0.3, 0.4) is 0 Å². The number of hydrogen-bond acceptors (Lipinski definition) is 5. The third kappa shape index (κ3) is 5.41. The zero-order chi connectivity index (χ0) is 22.4. The number of anilines is 1. The van der Waals surface area contributed by atoms with E-state index in [1.807, 2.05) is 22.8 Å². The van der Waals surface area contributed by atoms with Crippen LogP contribution in [0, 0.1) is 0 Å². The van der Waals surface area contributed by atoms with Gasteiger partial charge in [0, 0.05) is 18.4 Å². The van der Waals surface area contributed by atoms with Gasteiger partial charge in [-0.1, -0.05) is 69.8 Å². The Balaban J connectivity index is 1.78. The van der Waals surface area contributed by atoms with E-state index < -0.39 is 0 Å². The Hall–Kier alpha value is -2.93. The molecule has 0 spiro atoms. The second-order valence-electron chi connectivity index (χ2n) is 7.88. The molecule has 6 nitrogen and oxygen atoms in total. The Bertz CT molecular complexity index is 1020. The van der Waals surface area contributed by atoms with Gasteiger partial charge in [-0.2, -0.15) is 0 Å².